The lowest BCUT2D eigenvalue weighted by molar-refractivity contribution is -0.535. The number of methoxy groups -OCH3 is 1. The van der Waals surface area contributed by atoms with Crippen LogP contribution in [0.25, 0.3) is 6.08 Å². The van der Waals surface area contributed by atoms with Crippen molar-refractivity contribution in [1.29, 1.82) is 0 Å². The number of hydrogen-bond donors (Lipinski definition) is 1. The molecule has 1 N–H and O–H groups in total. The van der Waals surface area contributed by atoms with E-state index in [1.165, 1.54) is 24.2 Å². The molecule has 2 unspecified atom stereocenters. The monoisotopic (exact) mass is 494 g/mol. The van der Waals surface area contributed by atoms with E-state index in [4.69, 9.17) is 4.74 Å². The van der Waals surface area contributed by atoms with E-state index in [-0.39, 0.29) is 34.8 Å². The minimum absolute atomic E-state index is 0.0226. The number of nitrogens with zero attached hydrogens (tertiary/aromatic N) is 3. The maximum atomic E-state index is 12.9. The number of esters is 1. The SMILES string of the molecule is COC(=O)c1cccc(C(=O)N2CCC(CCCCNC(=O)/C=C/c3cccnc3)C([N+](=O)[O-])C2)c1. The number of unbranched alkanes of at least 4 members (excludes halogenated alkanes) is 1. The van der Waals surface area contributed by atoms with Crippen LogP contribution in [-0.4, -0.2) is 65.4 Å². The first-order chi connectivity index (χ1) is 17.4. The number of carbonyl (C=O) groups is 3. The Kier molecular flexibility index (Phi) is 9.67. The first kappa shape index (κ1) is 26.5. The minimum Gasteiger partial charge on any atom is -0.465 e. The molecule has 1 aromatic heterocycles. The Bertz CT molecular complexity index is 1100. The van der Waals surface area contributed by atoms with E-state index < -0.39 is 12.0 Å². The van der Waals surface area contributed by atoms with Crippen LogP contribution in [0.1, 0.15) is 52.0 Å². The molecule has 1 aromatic carbocycles. The molecule has 2 aromatic rings. The first-order valence-corrected chi connectivity index (χ1v) is 11.9. The number of hydrogen-bond acceptors (Lipinski definition) is 7. The average Bonchev–Trinajstić information content (AvgIpc) is 2.91. The molecule has 10 nitrogen and oxygen atoms in total. The van der Waals surface area contributed by atoms with Gasteiger partial charge in [0.2, 0.25) is 11.9 Å². The van der Waals surface area contributed by atoms with Gasteiger partial charge in [0.25, 0.3) is 5.91 Å². The Hall–Kier alpha value is -4.08. The number of rotatable bonds is 10. The number of nitrogens with one attached hydrogen (secondary N) is 1. The first-order valence-electron chi connectivity index (χ1n) is 11.9. The Morgan fingerprint density at radius 1 is 1.22 bits per heavy atom. The van der Waals surface area contributed by atoms with E-state index in [1.807, 2.05) is 6.07 Å². The lowest BCUT2D eigenvalue weighted by Gasteiger charge is -2.34. The fraction of sp³-hybridized carbons (Fsp3) is 0.385. The van der Waals surface area contributed by atoms with Gasteiger partial charge in [-0.3, -0.25) is 24.7 Å². The molecular formula is C26H30N4O6. The molecule has 2 heterocycles. The number of piperidine rings is 1. The summed E-state index contributed by atoms with van der Waals surface area (Å²) in [5.41, 5.74) is 1.38. The zero-order valence-electron chi connectivity index (χ0n) is 20.2. The third-order valence-electron chi connectivity index (χ3n) is 6.22. The Labute approximate surface area is 209 Å². The lowest BCUT2D eigenvalue weighted by Crippen LogP contribution is -2.49. The third kappa shape index (κ3) is 7.46. The van der Waals surface area contributed by atoms with Crippen LogP contribution in [0.2, 0.25) is 0 Å². The largest absolute Gasteiger partial charge is 0.465 e. The molecule has 10 heteroatoms. The molecule has 0 radical (unpaired) electrons. The summed E-state index contributed by atoms with van der Waals surface area (Å²) in [6.07, 6.45) is 9.06. The van der Waals surface area contributed by atoms with Gasteiger partial charge in [0.15, 0.2) is 0 Å². The van der Waals surface area contributed by atoms with Gasteiger partial charge >= 0.3 is 5.97 Å². The Morgan fingerprint density at radius 3 is 2.75 bits per heavy atom. The van der Waals surface area contributed by atoms with Gasteiger partial charge in [-0.15, -0.1) is 0 Å². The van der Waals surface area contributed by atoms with Gasteiger partial charge in [0.1, 0.15) is 0 Å². The van der Waals surface area contributed by atoms with Crippen LogP contribution in [0.5, 0.6) is 0 Å². The number of aromatic nitrogens is 1. The smallest absolute Gasteiger partial charge is 0.337 e. The molecule has 3 rings (SSSR count). The highest BCUT2D eigenvalue weighted by atomic mass is 16.6. The molecular weight excluding hydrogens is 464 g/mol. The Balaban J connectivity index is 1.45. The van der Waals surface area contributed by atoms with Crippen molar-refractivity contribution in [2.45, 2.75) is 31.7 Å². The predicted octanol–water partition coefficient (Wildman–Crippen LogP) is 2.98. The molecule has 1 fully saturated rings. The molecule has 1 aliphatic rings. The molecule has 0 bridgehead atoms. The van der Waals surface area contributed by atoms with Crippen molar-refractivity contribution < 1.29 is 24.0 Å². The maximum absolute atomic E-state index is 12.9. The van der Waals surface area contributed by atoms with Gasteiger partial charge in [-0.2, -0.15) is 0 Å². The predicted molar refractivity (Wildman–Crippen MR) is 133 cm³/mol. The van der Waals surface area contributed by atoms with Crippen LogP contribution in [0.15, 0.2) is 54.9 Å². The zero-order valence-corrected chi connectivity index (χ0v) is 20.2. The van der Waals surface area contributed by atoms with Crippen molar-refractivity contribution in [2.75, 3.05) is 26.7 Å². The number of likely N-dealkylation sites (tertiary alicyclic amines) is 1. The van der Waals surface area contributed by atoms with Crippen LogP contribution in [0.4, 0.5) is 0 Å². The summed E-state index contributed by atoms with van der Waals surface area (Å²) in [5.74, 6) is -1.24. The fourth-order valence-electron chi connectivity index (χ4n) is 4.27. The van der Waals surface area contributed by atoms with Crippen LogP contribution in [0, 0.1) is 16.0 Å². The normalized spacial score (nSPS) is 17.5. The van der Waals surface area contributed by atoms with E-state index in [0.717, 1.165) is 12.0 Å². The van der Waals surface area contributed by atoms with Crippen LogP contribution >= 0.6 is 0 Å². The van der Waals surface area contributed by atoms with E-state index in [0.29, 0.717) is 37.9 Å². The van der Waals surface area contributed by atoms with E-state index >= 15 is 0 Å². The van der Waals surface area contributed by atoms with Crippen LogP contribution in [-0.2, 0) is 9.53 Å². The third-order valence-corrected chi connectivity index (χ3v) is 6.22. The number of ether oxygens (including phenoxy) is 1. The zero-order chi connectivity index (χ0) is 25.9. The summed E-state index contributed by atoms with van der Waals surface area (Å²) >= 11 is 0. The van der Waals surface area contributed by atoms with Crippen LogP contribution in [0.3, 0.4) is 0 Å². The number of carbonyl (C=O) groups excluding carboxylic acids is 3. The standard InChI is InChI=1S/C26H30N4O6/c1-36-26(33)22-9-4-8-21(16-22)25(32)29-15-12-20(23(18-29)30(34)35)7-2-3-14-28-24(31)11-10-19-6-5-13-27-17-19/h4-6,8-11,13,16-17,20,23H,2-3,7,12,14-15,18H2,1H3,(H,28,31)/b11-10+. The van der Waals surface area contributed by atoms with Crippen molar-refractivity contribution >= 4 is 23.9 Å². The summed E-state index contributed by atoms with van der Waals surface area (Å²) in [7, 11) is 1.26. The summed E-state index contributed by atoms with van der Waals surface area (Å²) in [6.45, 7) is 0.911. The second kappa shape index (κ2) is 13.1. The topological polar surface area (TPSA) is 132 Å². The second-order valence-electron chi connectivity index (χ2n) is 8.63. The van der Waals surface area contributed by atoms with Gasteiger partial charge in [-0.25, -0.2) is 4.79 Å². The second-order valence-corrected chi connectivity index (χ2v) is 8.63. The highest BCUT2D eigenvalue weighted by Gasteiger charge is 2.38. The Morgan fingerprint density at radius 2 is 2.03 bits per heavy atom. The van der Waals surface area contributed by atoms with Crippen molar-refractivity contribution in [3.8, 4) is 0 Å². The van der Waals surface area contributed by atoms with E-state index in [9.17, 15) is 24.5 Å². The van der Waals surface area contributed by atoms with Gasteiger partial charge in [0, 0.05) is 48.0 Å². The molecule has 2 amide bonds. The number of nitro groups is 1. The molecule has 2 atom stereocenters. The lowest BCUT2D eigenvalue weighted by atomic mass is 9.87. The maximum Gasteiger partial charge on any atom is 0.337 e. The summed E-state index contributed by atoms with van der Waals surface area (Å²) in [4.78, 5) is 53.6. The van der Waals surface area contributed by atoms with Crippen molar-refractivity contribution in [1.82, 2.24) is 15.2 Å². The van der Waals surface area contributed by atoms with E-state index in [2.05, 4.69) is 10.3 Å². The number of benzene rings is 1. The number of amides is 2. The highest BCUT2D eigenvalue weighted by Crippen LogP contribution is 2.26. The molecule has 36 heavy (non-hydrogen) atoms. The molecule has 0 aliphatic carbocycles. The average molecular weight is 495 g/mol. The number of pyridine rings is 1. The van der Waals surface area contributed by atoms with Crippen LogP contribution < -0.4 is 5.32 Å². The van der Waals surface area contributed by atoms with Gasteiger partial charge < -0.3 is 15.0 Å². The van der Waals surface area contributed by atoms with Crippen molar-refractivity contribution in [3.63, 3.8) is 0 Å². The summed E-state index contributed by atoms with van der Waals surface area (Å²) < 4.78 is 4.70. The van der Waals surface area contributed by atoms with E-state index in [1.54, 1.807) is 42.7 Å². The van der Waals surface area contributed by atoms with Crippen molar-refractivity contribution in [2.24, 2.45) is 5.92 Å². The minimum atomic E-state index is -0.858. The quantitative estimate of drug-likeness (QED) is 0.177. The molecule has 0 saturated carbocycles. The summed E-state index contributed by atoms with van der Waals surface area (Å²) in [5, 5.41) is 14.6. The van der Waals surface area contributed by atoms with Gasteiger partial charge in [0.05, 0.1) is 19.2 Å². The molecule has 190 valence electrons. The highest BCUT2D eigenvalue weighted by molar-refractivity contribution is 5.98. The molecule has 0 spiro atoms. The fourth-order valence-corrected chi connectivity index (χ4v) is 4.27. The summed E-state index contributed by atoms with van der Waals surface area (Å²) in [6, 6.07) is 8.95. The van der Waals surface area contributed by atoms with Crippen molar-refractivity contribution in [3.05, 3.63) is 81.7 Å². The van der Waals surface area contributed by atoms with Gasteiger partial charge in [-0.05, 0) is 55.2 Å². The molecule has 1 aliphatic heterocycles. The van der Waals surface area contributed by atoms with Gasteiger partial charge in [-0.1, -0.05) is 18.6 Å². The molecule has 1 saturated heterocycles.